The minimum atomic E-state index is -1.11. The minimum absolute atomic E-state index is 0. The molecule has 1 aliphatic rings. The summed E-state index contributed by atoms with van der Waals surface area (Å²) in [7, 11) is 1.19. The van der Waals surface area contributed by atoms with Gasteiger partial charge in [0.05, 0.1) is 7.11 Å². The molecule has 0 spiro atoms. The molecule has 0 aliphatic heterocycles. The Bertz CT molecular complexity index is 1010. The van der Waals surface area contributed by atoms with Crippen molar-refractivity contribution in [2.24, 2.45) is 0 Å². The highest BCUT2D eigenvalue weighted by molar-refractivity contribution is 6.04. The van der Waals surface area contributed by atoms with Crippen molar-refractivity contribution in [1.82, 2.24) is 10.6 Å². The monoisotopic (exact) mass is 489 g/mol. The van der Waals surface area contributed by atoms with Gasteiger partial charge in [-0.15, -0.1) is 0 Å². The van der Waals surface area contributed by atoms with E-state index >= 15 is 0 Å². The van der Waals surface area contributed by atoms with E-state index in [4.69, 9.17) is 0 Å². The zero-order chi connectivity index (χ0) is 26.0. The number of carbonyl (C=O) groups is 3. The lowest BCUT2D eigenvalue weighted by Gasteiger charge is -2.34. The average molecular weight is 490 g/mol. The zero-order valence-corrected chi connectivity index (χ0v) is 21.0. The van der Waals surface area contributed by atoms with E-state index in [1.165, 1.54) is 18.1 Å². The lowest BCUT2D eigenvalue weighted by molar-refractivity contribution is -0.126. The summed E-state index contributed by atoms with van der Waals surface area (Å²) in [5.74, 6) is -1.48. The molecule has 1 atom stereocenters. The van der Waals surface area contributed by atoms with Gasteiger partial charge in [0, 0.05) is 14.6 Å². The van der Waals surface area contributed by atoms with E-state index in [2.05, 4.69) is 21.9 Å². The second-order valence-electron chi connectivity index (χ2n) is 8.63. The first-order chi connectivity index (χ1) is 16.7. The van der Waals surface area contributed by atoms with Gasteiger partial charge in [-0.3, -0.25) is 14.5 Å². The number of methoxy groups -OCH3 is 1. The van der Waals surface area contributed by atoms with Crippen molar-refractivity contribution in [3.8, 4) is 0 Å². The van der Waals surface area contributed by atoms with Gasteiger partial charge in [0.2, 0.25) is 11.8 Å². The molecule has 0 aromatic heterocycles. The van der Waals surface area contributed by atoms with E-state index in [9.17, 15) is 18.8 Å². The van der Waals surface area contributed by atoms with Gasteiger partial charge < -0.3 is 15.4 Å². The number of alkyl carbamates (subject to hydrolysis) is 1. The zero-order valence-electron chi connectivity index (χ0n) is 21.0. The molecule has 0 radical (unpaired) electrons. The first kappa shape index (κ1) is 27.8. The normalized spacial score (nSPS) is 15.7. The van der Waals surface area contributed by atoms with Crippen LogP contribution < -0.4 is 15.5 Å². The Morgan fingerprint density at radius 1 is 1.29 bits per heavy atom. The van der Waals surface area contributed by atoms with Crippen LogP contribution in [-0.2, 0) is 14.3 Å². The third kappa shape index (κ3) is 7.53. The van der Waals surface area contributed by atoms with Gasteiger partial charge in [0.25, 0.3) is 0 Å². The molecule has 0 heterocycles. The minimum Gasteiger partial charge on any atom is -0.453 e. The van der Waals surface area contributed by atoms with Crippen LogP contribution in [0.2, 0.25) is 0 Å². The standard InChI is InChI=1S/C27H36FN3O4.2H2/c1-6-11-22(18(3)7-2)25(26(33)30-20-12-9-8-10-13-20)31(24(32)17-29-27(34)35-5)21-15-14-19(4)23(28)16-21;;/h6-7,11,14-16,20,25H,2,8-10,12-13,17H2,1,3-5H3,(H,29,34)(H,30,33);2*1H/b11-6-,22-18+;;. The van der Waals surface area contributed by atoms with E-state index < -0.39 is 30.4 Å². The SMILES string of the molecule is C=C/C(C)=C(\C=C/C)C(C(=O)NC1CCCCC1)N(C(=O)CNC(=O)OC)c1ccc(C)c(F)c1.[HH].[HH]. The molecule has 194 valence electrons. The van der Waals surface area contributed by atoms with Crippen LogP contribution in [-0.4, -0.2) is 43.6 Å². The Morgan fingerprint density at radius 2 is 1.97 bits per heavy atom. The van der Waals surface area contributed by atoms with Crippen LogP contribution in [0.25, 0.3) is 0 Å². The third-order valence-electron chi connectivity index (χ3n) is 6.13. The molecule has 1 saturated carbocycles. The van der Waals surface area contributed by atoms with E-state index in [1.54, 1.807) is 44.2 Å². The lowest BCUT2D eigenvalue weighted by atomic mass is 9.93. The third-order valence-corrected chi connectivity index (χ3v) is 6.13. The number of aryl methyl sites for hydroxylation is 1. The summed E-state index contributed by atoms with van der Waals surface area (Å²) in [4.78, 5) is 40.2. The number of hydrogen-bond acceptors (Lipinski definition) is 4. The van der Waals surface area contributed by atoms with Crippen molar-refractivity contribution < 1.29 is 26.4 Å². The molecule has 1 fully saturated rings. The quantitative estimate of drug-likeness (QED) is 0.466. The van der Waals surface area contributed by atoms with Crippen molar-refractivity contribution in [2.45, 2.75) is 65.0 Å². The molecule has 0 bridgehead atoms. The summed E-state index contributed by atoms with van der Waals surface area (Å²) >= 11 is 0. The number of carbonyl (C=O) groups excluding carboxylic acids is 3. The smallest absolute Gasteiger partial charge is 0.407 e. The van der Waals surface area contributed by atoms with Crippen molar-refractivity contribution in [2.75, 3.05) is 18.6 Å². The number of halogens is 1. The van der Waals surface area contributed by atoms with E-state index in [1.807, 2.05) is 6.92 Å². The molecule has 2 rings (SSSR count). The maximum Gasteiger partial charge on any atom is 0.407 e. The highest BCUT2D eigenvalue weighted by Gasteiger charge is 2.35. The molecule has 1 aliphatic carbocycles. The fraction of sp³-hybridized carbons (Fsp3) is 0.444. The number of rotatable bonds is 9. The number of allylic oxidation sites excluding steroid dienone is 3. The molecule has 35 heavy (non-hydrogen) atoms. The van der Waals surface area contributed by atoms with Crippen LogP contribution in [0.3, 0.4) is 0 Å². The van der Waals surface area contributed by atoms with E-state index in [-0.39, 0.29) is 20.5 Å². The number of benzene rings is 1. The number of anilines is 1. The number of hydrogen-bond donors (Lipinski definition) is 2. The maximum atomic E-state index is 14.6. The Labute approximate surface area is 210 Å². The molecule has 1 aromatic carbocycles. The van der Waals surface area contributed by atoms with E-state index in [0.717, 1.165) is 32.1 Å². The van der Waals surface area contributed by atoms with Crippen molar-refractivity contribution >= 4 is 23.6 Å². The maximum absolute atomic E-state index is 14.6. The summed E-state index contributed by atoms with van der Waals surface area (Å²) < 4.78 is 19.2. The van der Waals surface area contributed by atoms with Crippen LogP contribution in [0.4, 0.5) is 14.9 Å². The second-order valence-corrected chi connectivity index (χ2v) is 8.63. The Balaban J connectivity index is 0.00000648. The molecule has 8 heteroatoms. The molecule has 1 aromatic rings. The Kier molecular flexibility index (Phi) is 10.7. The lowest BCUT2D eigenvalue weighted by Crippen LogP contribution is -2.55. The van der Waals surface area contributed by atoms with Gasteiger partial charge >= 0.3 is 6.09 Å². The number of ether oxygens (including phenoxy) is 1. The Hall–Kier alpha value is -3.42. The summed E-state index contributed by atoms with van der Waals surface area (Å²) in [5.41, 5.74) is 1.84. The van der Waals surface area contributed by atoms with Crippen LogP contribution in [0, 0.1) is 12.7 Å². The molecular weight excluding hydrogens is 449 g/mol. The fourth-order valence-electron chi connectivity index (χ4n) is 4.13. The van der Waals surface area contributed by atoms with Gasteiger partial charge in [-0.2, -0.15) is 0 Å². The van der Waals surface area contributed by atoms with Crippen molar-refractivity contribution in [1.29, 1.82) is 0 Å². The van der Waals surface area contributed by atoms with Gasteiger partial charge in [-0.25, -0.2) is 9.18 Å². The largest absolute Gasteiger partial charge is 0.453 e. The molecule has 0 saturated heterocycles. The summed E-state index contributed by atoms with van der Waals surface area (Å²) in [5, 5.41) is 5.47. The molecule has 7 nitrogen and oxygen atoms in total. The number of amides is 3. The number of nitrogens with one attached hydrogen (secondary N) is 2. The van der Waals surface area contributed by atoms with Gasteiger partial charge in [0.1, 0.15) is 18.4 Å². The second kappa shape index (κ2) is 13.5. The van der Waals surface area contributed by atoms with Crippen LogP contribution in [0.15, 0.2) is 54.2 Å². The predicted octanol–water partition coefficient (Wildman–Crippen LogP) is 5.21. The number of nitrogens with zero attached hydrogens (tertiary/aromatic N) is 1. The summed E-state index contributed by atoms with van der Waals surface area (Å²) in [6.45, 7) is 8.62. The average Bonchev–Trinajstić information content (AvgIpc) is 2.86. The molecule has 2 N–H and O–H groups in total. The highest BCUT2D eigenvalue weighted by atomic mass is 19.1. The first-order valence-corrected chi connectivity index (χ1v) is 11.9. The Morgan fingerprint density at radius 3 is 2.54 bits per heavy atom. The van der Waals surface area contributed by atoms with Crippen LogP contribution in [0.1, 0.15) is 54.4 Å². The van der Waals surface area contributed by atoms with Crippen LogP contribution >= 0.6 is 0 Å². The van der Waals surface area contributed by atoms with Gasteiger partial charge in [0.15, 0.2) is 0 Å². The summed E-state index contributed by atoms with van der Waals surface area (Å²) in [6, 6.07) is 3.25. The highest BCUT2D eigenvalue weighted by Crippen LogP contribution is 2.27. The molecule has 1 unspecified atom stereocenters. The fourth-order valence-corrected chi connectivity index (χ4v) is 4.13. The van der Waals surface area contributed by atoms with E-state index in [0.29, 0.717) is 16.7 Å². The predicted molar refractivity (Wildman–Crippen MR) is 140 cm³/mol. The van der Waals surface area contributed by atoms with Gasteiger partial charge in [-0.1, -0.05) is 50.1 Å². The van der Waals surface area contributed by atoms with Gasteiger partial charge in [-0.05, 0) is 62.5 Å². The first-order valence-electron chi connectivity index (χ1n) is 11.9. The molecule has 3 amide bonds. The van der Waals surface area contributed by atoms with Crippen molar-refractivity contribution in [3.05, 3.63) is 65.5 Å². The van der Waals surface area contributed by atoms with Crippen molar-refractivity contribution in [3.63, 3.8) is 0 Å². The van der Waals surface area contributed by atoms with Crippen LogP contribution in [0.5, 0.6) is 0 Å². The summed E-state index contributed by atoms with van der Waals surface area (Å²) in [6.07, 6.45) is 9.24. The molecular formula is C27H40FN3O4. The topological polar surface area (TPSA) is 87.7 Å².